The van der Waals surface area contributed by atoms with E-state index in [0.717, 1.165) is 57.3 Å². The van der Waals surface area contributed by atoms with Gasteiger partial charge in [0.05, 0.1) is 30.7 Å². The zero-order valence-corrected chi connectivity index (χ0v) is 15.8. The van der Waals surface area contributed by atoms with Crippen molar-refractivity contribution in [3.8, 4) is 0 Å². The molecule has 4 heterocycles. The van der Waals surface area contributed by atoms with Crippen LogP contribution < -0.4 is 0 Å². The van der Waals surface area contributed by atoms with Crippen LogP contribution in [0.3, 0.4) is 0 Å². The van der Waals surface area contributed by atoms with Gasteiger partial charge in [-0.2, -0.15) is 9.40 Å². The molecule has 0 amide bonds. The Labute approximate surface area is 153 Å². The number of piperazine rings is 1. The molecule has 2 aromatic rings. The van der Waals surface area contributed by atoms with Gasteiger partial charge in [-0.05, 0) is 6.07 Å². The Bertz CT molecular complexity index is 838. The second-order valence-corrected chi connectivity index (χ2v) is 9.02. The maximum Gasteiger partial charge on any atom is 0.211 e. The maximum atomic E-state index is 11.6. The quantitative estimate of drug-likeness (QED) is 0.767. The van der Waals surface area contributed by atoms with E-state index in [9.17, 15) is 8.42 Å². The van der Waals surface area contributed by atoms with Gasteiger partial charge in [0.1, 0.15) is 5.82 Å². The summed E-state index contributed by atoms with van der Waals surface area (Å²) in [7, 11) is -3.08. The molecule has 2 aromatic heterocycles. The molecular weight excluding hydrogens is 354 g/mol. The maximum absolute atomic E-state index is 11.6. The van der Waals surface area contributed by atoms with Crippen molar-refractivity contribution in [3.05, 3.63) is 35.7 Å². The fraction of sp³-hybridized carbons (Fsp3) is 0.625. The number of aromatic amines is 1. The summed E-state index contributed by atoms with van der Waals surface area (Å²) in [5, 5.41) is 4.74. The van der Waals surface area contributed by atoms with Crippen LogP contribution in [0.2, 0.25) is 0 Å². The largest absolute Gasteiger partial charge is 0.348 e. The number of hydrogen-bond acceptors (Lipinski definition) is 6. The molecular formula is C16H25N7O2S. The lowest BCUT2D eigenvalue weighted by atomic mass is 10.2. The molecule has 0 aliphatic carbocycles. The summed E-state index contributed by atoms with van der Waals surface area (Å²) in [6.45, 7) is 6.93. The van der Waals surface area contributed by atoms with Crippen molar-refractivity contribution in [2.75, 3.05) is 39.0 Å². The topological polar surface area (TPSA) is 90.4 Å². The molecule has 0 atom stereocenters. The molecule has 0 bridgehead atoms. The van der Waals surface area contributed by atoms with E-state index in [1.807, 2.05) is 6.20 Å². The number of aromatic nitrogens is 4. The minimum atomic E-state index is -3.08. The number of imidazole rings is 1. The van der Waals surface area contributed by atoms with Crippen LogP contribution in [0.1, 0.15) is 17.2 Å². The highest BCUT2D eigenvalue weighted by atomic mass is 32.2. The molecule has 1 fully saturated rings. The standard InChI is InChI=1S/C16H25N7O2S/c1-26(24,25)22-7-4-20(5-8-22)11-14-10-15-12-21(6-9-23(15)19-14)13-16-17-2-3-18-16/h2-3,10H,4-9,11-13H2,1H3,(H,17,18). The van der Waals surface area contributed by atoms with Crippen molar-refractivity contribution >= 4 is 10.0 Å². The molecule has 0 radical (unpaired) electrons. The van der Waals surface area contributed by atoms with Crippen LogP contribution in [-0.4, -0.2) is 81.3 Å². The molecule has 26 heavy (non-hydrogen) atoms. The molecule has 0 spiro atoms. The van der Waals surface area contributed by atoms with E-state index in [4.69, 9.17) is 5.10 Å². The van der Waals surface area contributed by atoms with Crippen LogP contribution in [0.4, 0.5) is 0 Å². The number of nitrogens with one attached hydrogen (secondary N) is 1. The molecule has 1 saturated heterocycles. The van der Waals surface area contributed by atoms with Gasteiger partial charge >= 0.3 is 0 Å². The third kappa shape index (κ3) is 3.98. The Balaban J connectivity index is 1.34. The highest BCUT2D eigenvalue weighted by Gasteiger charge is 2.25. The number of H-pyrrole nitrogens is 1. The third-order valence-electron chi connectivity index (χ3n) is 5.04. The van der Waals surface area contributed by atoms with Crippen molar-refractivity contribution in [1.82, 2.24) is 33.9 Å². The summed E-state index contributed by atoms with van der Waals surface area (Å²) in [4.78, 5) is 12.1. The SMILES string of the molecule is CS(=O)(=O)N1CCN(Cc2cc3n(n2)CCN(Cc2ncc[nH]2)C3)CC1. The predicted molar refractivity (Wildman–Crippen MR) is 96.6 cm³/mol. The Morgan fingerprint density at radius 3 is 2.54 bits per heavy atom. The van der Waals surface area contributed by atoms with E-state index < -0.39 is 10.0 Å². The summed E-state index contributed by atoms with van der Waals surface area (Å²) in [6, 6.07) is 2.18. The first-order valence-corrected chi connectivity index (χ1v) is 10.8. The summed E-state index contributed by atoms with van der Waals surface area (Å²) < 4.78 is 26.9. The number of nitrogens with zero attached hydrogens (tertiary/aromatic N) is 6. The van der Waals surface area contributed by atoms with E-state index in [2.05, 4.69) is 30.5 Å². The summed E-state index contributed by atoms with van der Waals surface area (Å²) in [5.41, 5.74) is 2.29. The molecule has 2 aliphatic heterocycles. The number of fused-ring (bicyclic) bond motifs is 1. The van der Waals surface area contributed by atoms with Crippen molar-refractivity contribution in [2.45, 2.75) is 26.2 Å². The van der Waals surface area contributed by atoms with Crippen LogP contribution in [-0.2, 0) is 36.2 Å². The predicted octanol–water partition coefficient (Wildman–Crippen LogP) is -0.301. The van der Waals surface area contributed by atoms with Gasteiger partial charge < -0.3 is 4.98 Å². The van der Waals surface area contributed by atoms with Gasteiger partial charge in [0.2, 0.25) is 10.0 Å². The first-order chi connectivity index (χ1) is 12.5. The van der Waals surface area contributed by atoms with Crippen molar-refractivity contribution in [3.63, 3.8) is 0 Å². The van der Waals surface area contributed by atoms with E-state index in [-0.39, 0.29) is 0 Å². The van der Waals surface area contributed by atoms with Crippen LogP contribution in [0, 0.1) is 0 Å². The van der Waals surface area contributed by atoms with Crippen LogP contribution in [0.5, 0.6) is 0 Å². The third-order valence-corrected chi connectivity index (χ3v) is 6.34. The van der Waals surface area contributed by atoms with E-state index in [1.54, 1.807) is 10.5 Å². The minimum Gasteiger partial charge on any atom is -0.348 e. The Morgan fingerprint density at radius 1 is 1.08 bits per heavy atom. The molecule has 9 nitrogen and oxygen atoms in total. The Hall–Kier alpha value is -1.75. The lowest BCUT2D eigenvalue weighted by Gasteiger charge is -2.32. The molecule has 4 rings (SSSR count). The normalized spacial score (nSPS) is 20.3. The fourth-order valence-corrected chi connectivity index (χ4v) is 4.46. The first kappa shape index (κ1) is 17.7. The molecule has 0 aromatic carbocycles. The molecule has 0 saturated carbocycles. The lowest BCUT2D eigenvalue weighted by Crippen LogP contribution is -2.47. The molecule has 142 valence electrons. The van der Waals surface area contributed by atoms with Crippen LogP contribution >= 0.6 is 0 Å². The monoisotopic (exact) mass is 379 g/mol. The highest BCUT2D eigenvalue weighted by molar-refractivity contribution is 7.88. The van der Waals surface area contributed by atoms with E-state index >= 15 is 0 Å². The van der Waals surface area contributed by atoms with Gasteiger partial charge in [-0.3, -0.25) is 14.5 Å². The number of sulfonamides is 1. The minimum absolute atomic E-state index is 0.559. The first-order valence-electron chi connectivity index (χ1n) is 8.91. The summed E-state index contributed by atoms with van der Waals surface area (Å²) in [6.07, 6.45) is 4.91. The summed E-state index contributed by atoms with van der Waals surface area (Å²) in [5.74, 6) is 0.988. The summed E-state index contributed by atoms with van der Waals surface area (Å²) >= 11 is 0. The Kier molecular flexibility index (Phi) is 4.82. The lowest BCUT2D eigenvalue weighted by molar-refractivity contribution is 0.179. The van der Waals surface area contributed by atoms with Crippen LogP contribution in [0.25, 0.3) is 0 Å². The molecule has 10 heteroatoms. The zero-order valence-electron chi connectivity index (χ0n) is 15.0. The van der Waals surface area contributed by atoms with Crippen molar-refractivity contribution < 1.29 is 8.42 Å². The van der Waals surface area contributed by atoms with Gasteiger partial charge in [0, 0.05) is 58.2 Å². The van der Waals surface area contributed by atoms with Gasteiger partial charge in [0.25, 0.3) is 0 Å². The fourth-order valence-electron chi connectivity index (χ4n) is 3.64. The second kappa shape index (κ2) is 7.10. The molecule has 1 N–H and O–H groups in total. The molecule has 2 aliphatic rings. The second-order valence-electron chi connectivity index (χ2n) is 7.03. The Morgan fingerprint density at radius 2 is 1.85 bits per heavy atom. The number of hydrogen-bond donors (Lipinski definition) is 1. The average Bonchev–Trinajstić information content (AvgIpc) is 3.23. The van der Waals surface area contributed by atoms with Gasteiger partial charge in [-0.25, -0.2) is 13.4 Å². The highest BCUT2D eigenvalue weighted by Crippen LogP contribution is 2.17. The number of rotatable bonds is 5. The van der Waals surface area contributed by atoms with Gasteiger partial charge in [-0.1, -0.05) is 0 Å². The van der Waals surface area contributed by atoms with Gasteiger partial charge in [-0.15, -0.1) is 0 Å². The van der Waals surface area contributed by atoms with E-state index in [0.29, 0.717) is 13.1 Å². The van der Waals surface area contributed by atoms with Crippen molar-refractivity contribution in [2.24, 2.45) is 0 Å². The smallest absolute Gasteiger partial charge is 0.211 e. The van der Waals surface area contributed by atoms with Crippen molar-refractivity contribution in [1.29, 1.82) is 0 Å². The average molecular weight is 379 g/mol. The zero-order chi connectivity index (χ0) is 18.1. The molecule has 0 unspecified atom stereocenters. The van der Waals surface area contributed by atoms with E-state index in [1.165, 1.54) is 11.9 Å². The van der Waals surface area contributed by atoms with Gasteiger partial charge in [0.15, 0.2) is 0 Å². The van der Waals surface area contributed by atoms with Crippen LogP contribution in [0.15, 0.2) is 18.5 Å².